The van der Waals surface area contributed by atoms with E-state index < -0.39 is 0 Å². The number of rotatable bonds is 0. The molecular weight excluding hydrogens is 1750 g/mol. The van der Waals surface area contributed by atoms with E-state index in [4.69, 9.17) is 59.9 Å². The standard InChI is InChI=1S/C132H96N12/c1-2-26-86-85(25-1)109-87-27-3-4-28-88(87)110(86)122-121(109)133-61-73-49-75-53-76(50-73)64-136-124-112-91-31-7-11-35-95(91)114(96-36-12-8-32-92(96)112)126(124)140-68-80-56-82-60-84(58-80)72-144-132-120-107-47-23-21-45-105(107)119(106-46-22-24-48-108(106)120)131(132)143-71-83-57-79(67-139-125-113-93-33-9-5-29-89(93)111(123(125)135-63-75)90-30-6-10-34-94(90)113)55-81(59-83)69-141-129-117-101-41-17-13-37-97(101)115(98-38-14-18-42-102(98)117)127(129)137-65-77-51-74(62-134-122)52-78(54-77)66-138-128-116-99-39-15-19-43-103(99)118(130(128)142-70-82)104-44-20-16-40-100(104)116/h1-72,109-132H. The predicted molar refractivity (Wildman–Crippen MR) is 582 cm³/mol. The number of hydrogen-bond acceptors (Lipinski definition) is 12. The number of hydrogen-bond donors (Lipinski definition) is 0. The van der Waals surface area contributed by atoms with Crippen LogP contribution in [0.5, 0.6) is 0 Å². The molecule has 16 aromatic carbocycles. The number of nitrogens with zero attached hydrogens (tertiary/aromatic N) is 12. The lowest BCUT2D eigenvalue weighted by atomic mass is 9.59. The van der Waals surface area contributed by atoms with Gasteiger partial charge in [0.2, 0.25) is 0 Å². The minimum absolute atomic E-state index is 0.121. The molecule has 684 valence electrons. The summed E-state index contributed by atoms with van der Waals surface area (Å²) in [5.74, 6) is -1.45. The highest BCUT2D eigenvalue weighted by Gasteiger charge is 2.57. The van der Waals surface area contributed by atoms with Crippen molar-refractivity contribution in [1.29, 1.82) is 0 Å². The van der Waals surface area contributed by atoms with Gasteiger partial charge in [0.1, 0.15) is 0 Å². The summed E-state index contributed by atoms with van der Waals surface area (Å²) in [4.78, 5) is 72.9. The van der Waals surface area contributed by atoms with Gasteiger partial charge in [-0.1, -0.05) is 291 Å². The van der Waals surface area contributed by atoms with Gasteiger partial charge >= 0.3 is 0 Å². The lowest BCUT2D eigenvalue weighted by molar-refractivity contribution is 0.391. The Labute approximate surface area is 836 Å². The predicted octanol–water partition coefficient (Wildman–Crippen LogP) is 24.0. The molecule has 144 heavy (non-hydrogen) atoms. The average Bonchev–Trinajstić information content (AvgIpc) is 0.731. The van der Waals surface area contributed by atoms with Gasteiger partial charge in [-0.25, -0.2) is 0 Å². The Morgan fingerprint density at radius 2 is 0.153 bits per heavy atom. The molecule has 12 nitrogen and oxygen atoms in total. The Bertz CT molecular complexity index is 6460. The second kappa shape index (κ2) is 32.6. The molecule has 0 aromatic heterocycles. The monoisotopic (exact) mass is 1850 g/mol. The molecule has 4 heterocycles. The van der Waals surface area contributed by atoms with Crippen molar-refractivity contribution in [3.63, 3.8) is 0 Å². The molecule has 0 N–H and O–H groups in total. The van der Waals surface area contributed by atoms with Crippen molar-refractivity contribution in [1.82, 2.24) is 0 Å². The van der Waals surface area contributed by atoms with Crippen molar-refractivity contribution < 1.29 is 0 Å². The lowest BCUT2D eigenvalue weighted by Crippen LogP contribution is -2.45. The number of aliphatic imine (C=N–C) groups is 12. The molecule has 12 unspecified atom stereocenters. The van der Waals surface area contributed by atoms with Crippen LogP contribution in [0, 0.1) is 0 Å². The molecule has 12 heteroatoms. The Kier molecular flexibility index (Phi) is 18.6. The van der Waals surface area contributed by atoms with Crippen LogP contribution in [0.15, 0.2) is 424 Å². The van der Waals surface area contributed by atoms with Crippen molar-refractivity contribution in [2.45, 2.75) is 144 Å². The zero-order valence-corrected chi connectivity index (χ0v) is 78.8. The SMILES string of the molecule is C1=NC2C3c4ccccc4C(c4ccccc43)C2N=Cc2cc3cc(c2)C=NC2C4c5ccccc5C(c5ccccc54)C2N=Cc2cc4cc(c2)C=NC2C5c6ccccc6C(c6ccccc65)C2N=Cc2cc(cc(c2)C=NC2C5c6ccccc6C(c6ccccc65)C2N=C3)C=NC2C3c5ccccc5C(c5ccccc53)C2N=Cc2cc1cc(c2)C=NC1C2c3ccccc3C(c3ccccc32)C1N=C4. The summed E-state index contributed by atoms with van der Waals surface area (Å²) in [6, 6.07) is 133. The zero-order chi connectivity index (χ0) is 94.0. The van der Waals surface area contributed by atoms with E-state index in [1.807, 2.05) is 0 Å². The van der Waals surface area contributed by atoms with Gasteiger partial charge in [-0.3, -0.25) is 59.9 Å². The van der Waals surface area contributed by atoms with E-state index in [0.717, 1.165) is 66.8 Å². The Hall–Kier alpha value is -16.4. The first-order valence-corrected chi connectivity index (χ1v) is 51.4. The maximum absolute atomic E-state index is 6.08. The van der Waals surface area contributed by atoms with Crippen molar-refractivity contribution >= 4 is 74.6 Å². The summed E-state index contributed by atoms with van der Waals surface area (Å²) in [6.07, 6.45) is 25.8. The summed E-state index contributed by atoms with van der Waals surface area (Å²) < 4.78 is 0. The van der Waals surface area contributed by atoms with E-state index in [2.05, 4.69) is 439 Å². The number of benzene rings is 16. The van der Waals surface area contributed by atoms with Gasteiger partial charge in [0.05, 0.1) is 72.5 Å². The third kappa shape index (κ3) is 12.7. The fourth-order valence-electron chi connectivity index (χ4n) is 29.6. The molecule has 0 saturated heterocycles. The molecule has 24 bridgehead atoms. The van der Waals surface area contributed by atoms with Crippen molar-refractivity contribution in [2.75, 3.05) is 0 Å². The van der Waals surface area contributed by atoms with Gasteiger partial charge < -0.3 is 0 Å². The van der Waals surface area contributed by atoms with Crippen LogP contribution < -0.4 is 0 Å². The first-order valence-electron chi connectivity index (χ1n) is 51.4. The van der Waals surface area contributed by atoms with Crippen LogP contribution in [-0.4, -0.2) is 147 Å². The molecule has 0 spiro atoms. The summed E-state index contributed by atoms with van der Waals surface area (Å²) in [5, 5.41) is 0. The Morgan fingerprint density at radius 3 is 0.215 bits per heavy atom. The highest BCUT2D eigenvalue weighted by Crippen LogP contribution is 2.63. The van der Waals surface area contributed by atoms with Crippen LogP contribution in [0.4, 0.5) is 0 Å². The topological polar surface area (TPSA) is 148 Å². The first kappa shape index (κ1) is 82.3. The van der Waals surface area contributed by atoms with Crippen molar-refractivity contribution in [2.24, 2.45) is 59.9 Å². The molecule has 4 aliphatic heterocycles. The van der Waals surface area contributed by atoms with E-state index in [-0.39, 0.29) is 144 Å². The largest absolute Gasteiger partial charge is 0.286 e. The molecule has 22 aliphatic rings. The van der Waals surface area contributed by atoms with Crippen LogP contribution in [0.3, 0.4) is 0 Å². The van der Waals surface area contributed by atoms with E-state index in [1.165, 1.54) is 134 Å². The van der Waals surface area contributed by atoms with Crippen LogP contribution >= 0.6 is 0 Å². The molecule has 0 fully saturated rings. The first-order chi connectivity index (χ1) is 71.4. The van der Waals surface area contributed by atoms with E-state index in [0.29, 0.717) is 0 Å². The smallest absolute Gasteiger partial charge is 0.0841 e. The van der Waals surface area contributed by atoms with Crippen molar-refractivity contribution in [3.8, 4) is 0 Å². The highest BCUT2D eigenvalue weighted by molar-refractivity contribution is 5.98. The van der Waals surface area contributed by atoms with E-state index in [9.17, 15) is 0 Å². The fourth-order valence-corrected chi connectivity index (χ4v) is 29.6. The molecular formula is C132H96N12. The molecule has 18 aliphatic carbocycles. The Balaban J connectivity index is 0.688. The van der Waals surface area contributed by atoms with Crippen molar-refractivity contribution in [3.05, 3.63) is 564 Å². The molecule has 16 aromatic rings. The van der Waals surface area contributed by atoms with Crippen LogP contribution in [0.1, 0.15) is 271 Å². The highest BCUT2D eigenvalue weighted by atomic mass is 15.0. The van der Waals surface area contributed by atoms with Gasteiger partial charge in [-0.2, -0.15) is 0 Å². The van der Waals surface area contributed by atoms with Gasteiger partial charge in [0.25, 0.3) is 0 Å². The zero-order valence-electron chi connectivity index (χ0n) is 78.8. The molecule has 0 radical (unpaired) electrons. The second-order valence-corrected chi connectivity index (χ2v) is 42.2. The van der Waals surface area contributed by atoms with Gasteiger partial charge in [0, 0.05) is 146 Å². The van der Waals surface area contributed by atoms with Crippen LogP contribution in [0.25, 0.3) is 0 Å². The van der Waals surface area contributed by atoms with Crippen LogP contribution in [-0.2, 0) is 0 Å². The van der Waals surface area contributed by atoms with Gasteiger partial charge in [-0.05, 0) is 273 Å². The second-order valence-electron chi connectivity index (χ2n) is 42.2. The average molecular weight is 1850 g/mol. The molecule has 0 saturated carbocycles. The van der Waals surface area contributed by atoms with Crippen LogP contribution in [0.2, 0.25) is 0 Å². The minimum Gasteiger partial charge on any atom is -0.286 e. The van der Waals surface area contributed by atoms with E-state index in [1.54, 1.807) is 0 Å². The Morgan fingerprint density at radius 1 is 0.0903 bits per heavy atom. The maximum atomic E-state index is 6.08. The molecule has 12 atom stereocenters. The molecule has 38 rings (SSSR count). The summed E-state index contributed by atoms with van der Waals surface area (Å²) in [5.41, 5.74) is 42.1. The third-order valence-corrected chi connectivity index (χ3v) is 34.9. The quantitative estimate of drug-likeness (QED) is 0.142. The minimum atomic E-state index is -0.334. The maximum Gasteiger partial charge on any atom is 0.0841 e. The van der Waals surface area contributed by atoms with E-state index >= 15 is 0 Å². The van der Waals surface area contributed by atoms with Gasteiger partial charge in [0.15, 0.2) is 0 Å². The fraction of sp³-hybridized carbons (Fsp3) is 0.182. The summed E-state index contributed by atoms with van der Waals surface area (Å²) in [6.45, 7) is 0. The third-order valence-electron chi connectivity index (χ3n) is 34.9. The summed E-state index contributed by atoms with van der Waals surface area (Å²) in [7, 11) is 0. The lowest BCUT2D eigenvalue weighted by Gasteiger charge is -2.47. The molecule has 0 amide bonds. The van der Waals surface area contributed by atoms with Gasteiger partial charge in [-0.15, -0.1) is 0 Å². The summed E-state index contributed by atoms with van der Waals surface area (Å²) >= 11 is 0. The normalized spacial score (nSPS) is 28.5.